The number of ether oxygens (including phenoxy) is 2. The summed E-state index contributed by atoms with van der Waals surface area (Å²) in [7, 11) is 0. The van der Waals surface area contributed by atoms with Gasteiger partial charge >= 0.3 is 11.9 Å². The molecule has 0 aromatic carbocycles. The summed E-state index contributed by atoms with van der Waals surface area (Å²) in [5, 5.41) is 9.40. The summed E-state index contributed by atoms with van der Waals surface area (Å²) in [4.78, 5) is 27.9. The molecule has 0 fully saturated rings. The molecule has 0 saturated heterocycles. The molecule has 0 unspecified atom stereocenters. The standard InChI is InChI=1S/C50H99NO5/c1-8-11-14-17-20-23-27-36-47(53)55-45-50(6,7)39-29-24-31-41-51(42-32-33-44-52)43-40-49(4,5)38-30-28-37-48(54)56-46(34-25-21-18-15-12-9-2)35-26-22-19-16-13-10-3/h46,52H,8-45H2,1-7H3. The topological polar surface area (TPSA) is 76.1 Å². The Bertz CT molecular complexity index is 858. The van der Waals surface area contributed by atoms with Crippen molar-refractivity contribution in [3.8, 4) is 0 Å². The lowest BCUT2D eigenvalue weighted by atomic mass is 9.83. The molecule has 0 radical (unpaired) electrons. The van der Waals surface area contributed by atoms with Gasteiger partial charge in [0.05, 0.1) is 6.61 Å². The summed E-state index contributed by atoms with van der Waals surface area (Å²) in [5.41, 5.74) is 0.244. The summed E-state index contributed by atoms with van der Waals surface area (Å²) >= 11 is 0. The quantitative estimate of drug-likeness (QED) is 0.0489. The van der Waals surface area contributed by atoms with E-state index >= 15 is 0 Å². The van der Waals surface area contributed by atoms with Gasteiger partial charge in [-0.25, -0.2) is 0 Å². The highest BCUT2D eigenvalue weighted by atomic mass is 16.5. The fraction of sp³-hybridized carbons (Fsp3) is 0.960. The second-order valence-electron chi connectivity index (χ2n) is 19.1. The van der Waals surface area contributed by atoms with E-state index < -0.39 is 0 Å². The molecule has 1 N–H and O–H groups in total. The van der Waals surface area contributed by atoms with Gasteiger partial charge in [-0.2, -0.15) is 0 Å². The molecule has 0 aliphatic carbocycles. The third-order valence-corrected chi connectivity index (χ3v) is 12.0. The first-order chi connectivity index (χ1) is 27.0. The Balaban J connectivity index is 4.51. The maximum absolute atomic E-state index is 12.9. The predicted molar refractivity (Wildman–Crippen MR) is 241 cm³/mol. The van der Waals surface area contributed by atoms with Crippen LogP contribution in [0.25, 0.3) is 0 Å². The van der Waals surface area contributed by atoms with Crippen molar-refractivity contribution in [3.63, 3.8) is 0 Å². The van der Waals surface area contributed by atoms with Crippen molar-refractivity contribution in [2.45, 2.75) is 266 Å². The number of aliphatic hydroxyl groups is 1. The van der Waals surface area contributed by atoms with Crippen LogP contribution in [0.15, 0.2) is 0 Å². The highest BCUT2D eigenvalue weighted by molar-refractivity contribution is 5.69. The molecule has 0 atom stereocenters. The van der Waals surface area contributed by atoms with Gasteiger partial charge in [-0.1, -0.05) is 170 Å². The summed E-state index contributed by atoms with van der Waals surface area (Å²) in [5.74, 6) is -0.0140. The second kappa shape index (κ2) is 38.1. The minimum Gasteiger partial charge on any atom is -0.465 e. The molecule has 334 valence electrons. The number of hydrogen-bond acceptors (Lipinski definition) is 6. The highest BCUT2D eigenvalue weighted by Gasteiger charge is 2.22. The van der Waals surface area contributed by atoms with E-state index in [2.05, 4.69) is 53.4 Å². The van der Waals surface area contributed by atoms with E-state index in [1.54, 1.807) is 0 Å². The van der Waals surface area contributed by atoms with E-state index in [9.17, 15) is 14.7 Å². The number of aliphatic hydroxyl groups excluding tert-OH is 1. The Morgan fingerprint density at radius 2 is 0.911 bits per heavy atom. The number of esters is 2. The first kappa shape index (κ1) is 54.9. The van der Waals surface area contributed by atoms with Gasteiger partial charge in [0.1, 0.15) is 6.10 Å². The average molecular weight is 794 g/mol. The van der Waals surface area contributed by atoms with Crippen molar-refractivity contribution in [2.24, 2.45) is 10.8 Å². The van der Waals surface area contributed by atoms with Crippen LogP contribution in [0.3, 0.4) is 0 Å². The first-order valence-corrected chi connectivity index (χ1v) is 24.7. The van der Waals surface area contributed by atoms with Crippen molar-refractivity contribution in [3.05, 3.63) is 0 Å². The Morgan fingerprint density at radius 1 is 0.482 bits per heavy atom. The van der Waals surface area contributed by atoms with Crippen LogP contribution in [0.2, 0.25) is 0 Å². The summed E-state index contributed by atoms with van der Waals surface area (Å²) in [6.07, 6.45) is 37.9. The zero-order valence-corrected chi connectivity index (χ0v) is 39.0. The van der Waals surface area contributed by atoms with Crippen molar-refractivity contribution >= 4 is 11.9 Å². The predicted octanol–water partition coefficient (Wildman–Crippen LogP) is 14.7. The zero-order valence-electron chi connectivity index (χ0n) is 39.0. The van der Waals surface area contributed by atoms with E-state index in [1.807, 2.05) is 0 Å². The number of rotatable bonds is 43. The summed E-state index contributed by atoms with van der Waals surface area (Å²) in [6.45, 7) is 20.0. The molecule has 0 aliphatic rings. The smallest absolute Gasteiger partial charge is 0.306 e. The van der Waals surface area contributed by atoms with E-state index in [0.29, 0.717) is 19.4 Å². The van der Waals surface area contributed by atoms with Crippen LogP contribution in [0.4, 0.5) is 0 Å². The SMILES string of the molecule is CCCCCCCCCC(=O)OCC(C)(C)CCCCCN(CCCCO)CCC(C)(C)CCCCC(=O)OC(CCCCCCCC)CCCCCCCC. The van der Waals surface area contributed by atoms with E-state index in [4.69, 9.17) is 9.47 Å². The number of carbonyl (C=O) groups excluding carboxylic acids is 2. The van der Waals surface area contributed by atoms with Gasteiger partial charge < -0.3 is 19.5 Å². The Kier molecular flexibility index (Phi) is 37.3. The number of nitrogens with zero attached hydrogens (tertiary/aromatic N) is 1. The molecule has 0 aromatic rings. The largest absolute Gasteiger partial charge is 0.465 e. The maximum Gasteiger partial charge on any atom is 0.306 e. The second-order valence-corrected chi connectivity index (χ2v) is 19.1. The van der Waals surface area contributed by atoms with Crippen molar-refractivity contribution < 1.29 is 24.2 Å². The molecular weight excluding hydrogens is 695 g/mol. The van der Waals surface area contributed by atoms with Gasteiger partial charge in [0.25, 0.3) is 0 Å². The van der Waals surface area contributed by atoms with E-state index in [1.165, 1.54) is 122 Å². The van der Waals surface area contributed by atoms with E-state index in [-0.39, 0.29) is 35.5 Å². The first-order valence-electron chi connectivity index (χ1n) is 24.7. The normalized spacial score (nSPS) is 12.2. The fourth-order valence-corrected chi connectivity index (χ4v) is 7.82. The monoisotopic (exact) mass is 794 g/mol. The van der Waals surface area contributed by atoms with Crippen LogP contribution in [-0.4, -0.2) is 60.9 Å². The Hall–Kier alpha value is -1.14. The van der Waals surface area contributed by atoms with Crippen molar-refractivity contribution in [1.29, 1.82) is 0 Å². The van der Waals surface area contributed by atoms with Gasteiger partial charge in [-0.05, 0) is 108 Å². The van der Waals surface area contributed by atoms with Crippen LogP contribution >= 0.6 is 0 Å². The van der Waals surface area contributed by atoms with Crippen LogP contribution in [-0.2, 0) is 19.1 Å². The van der Waals surface area contributed by atoms with Gasteiger partial charge in [0.15, 0.2) is 0 Å². The number of carbonyl (C=O) groups is 2. The van der Waals surface area contributed by atoms with E-state index in [0.717, 1.165) is 96.7 Å². The molecule has 6 heteroatoms. The molecular formula is C50H99NO5. The maximum atomic E-state index is 12.9. The van der Waals surface area contributed by atoms with Crippen LogP contribution in [0.1, 0.15) is 260 Å². The third-order valence-electron chi connectivity index (χ3n) is 12.0. The molecule has 0 saturated carbocycles. The molecule has 0 aliphatic heterocycles. The average Bonchev–Trinajstić information content (AvgIpc) is 3.16. The van der Waals surface area contributed by atoms with Gasteiger partial charge in [0, 0.05) is 19.4 Å². The lowest BCUT2D eigenvalue weighted by molar-refractivity contribution is -0.150. The number of hydrogen-bond donors (Lipinski definition) is 1. The molecule has 56 heavy (non-hydrogen) atoms. The fourth-order valence-electron chi connectivity index (χ4n) is 7.82. The van der Waals surface area contributed by atoms with Crippen LogP contribution < -0.4 is 0 Å². The zero-order chi connectivity index (χ0) is 41.6. The number of unbranched alkanes of at least 4 members (excludes halogenated alkanes) is 20. The third kappa shape index (κ3) is 37.2. The van der Waals surface area contributed by atoms with Gasteiger partial charge in [0.2, 0.25) is 0 Å². The van der Waals surface area contributed by atoms with Crippen molar-refractivity contribution in [1.82, 2.24) is 4.90 Å². The molecule has 0 aromatic heterocycles. The Labute approximate surface area is 350 Å². The van der Waals surface area contributed by atoms with Crippen molar-refractivity contribution in [2.75, 3.05) is 32.8 Å². The summed E-state index contributed by atoms with van der Waals surface area (Å²) in [6, 6.07) is 0. The minimum absolute atomic E-state index is 0.0141. The van der Waals surface area contributed by atoms with Crippen LogP contribution in [0.5, 0.6) is 0 Å². The van der Waals surface area contributed by atoms with Gasteiger partial charge in [-0.15, -0.1) is 0 Å². The molecule has 0 spiro atoms. The lowest BCUT2D eigenvalue weighted by Gasteiger charge is -2.30. The molecule has 0 rings (SSSR count). The minimum atomic E-state index is -0.0307. The van der Waals surface area contributed by atoms with Gasteiger partial charge in [-0.3, -0.25) is 9.59 Å². The molecule has 0 heterocycles. The highest BCUT2D eigenvalue weighted by Crippen LogP contribution is 2.29. The molecule has 0 amide bonds. The molecule has 0 bridgehead atoms. The lowest BCUT2D eigenvalue weighted by Crippen LogP contribution is -2.30. The Morgan fingerprint density at radius 3 is 1.46 bits per heavy atom. The molecule has 6 nitrogen and oxygen atoms in total. The summed E-state index contributed by atoms with van der Waals surface area (Å²) < 4.78 is 11.8. The van der Waals surface area contributed by atoms with Crippen LogP contribution in [0, 0.1) is 10.8 Å².